The highest BCUT2D eigenvalue weighted by atomic mass is 16.2. The molecule has 0 bridgehead atoms. The van der Waals surface area contributed by atoms with E-state index in [1.54, 1.807) is 0 Å². The van der Waals surface area contributed by atoms with Gasteiger partial charge in [-0.25, -0.2) is 0 Å². The van der Waals surface area contributed by atoms with E-state index in [9.17, 15) is 4.79 Å². The molecule has 0 saturated carbocycles. The zero-order valence-electron chi connectivity index (χ0n) is 8.77. The number of hydrogen-bond donors (Lipinski definition) is 2. The SMILES string of the molecule is CCc1ccc(NC(=O)c2nn[nH]n2)cc1. The highest BCUT2D eigenvalue weighted by Crippen LogP contribution is 2.10. The van der Waals surface area contributed by atoms with Gasteiger partial charge >= 0.3 is 0 Å². The van der Waals surface area contributed by atoms with Crippen LogP contribution in [0.2, 0.25) is 0 Å². The van der Waals surface area contributed by atoms with E-state index in [0.29, 0.717) is 5.69 Å². The summed E-state index contributed by atoms with van der Waals surface area (Å²) in [4.78, 5) is 11.5. The summed E-state index contributed by atoms with van der Waals surface area (Å²) < 4.78 is 0. The Labute approximate surface area is 92.1 Å². The monoisotopic (exact) mass is 217 g/mol. The summed E-state index contributed by atoms with van der Waals surface area (Å²) in [7, 11) is 0. The van der Waals surface area contributed by atoms with Crippen LogP contribution < -0.4 is 5.32 Å². The predicted molar refractivity (Wildman–Crippen MR) is 58.0 cm³/mol. The molecule has 1 amide bonds. The fraction of sp³-hybridized carbons (Fsp3) is 0.200. The number of benzene rings is 1. The summed E-state index contributed by atoms with van der Waals surface area (Å²) in [5.74, 6) is -0.349. The van der Waals surface area contributed by atoms with Crippen molar-refractivity contribution < 1.29 is 4.79 Å². The molecule has 0 aliphatic rings. The first-order valence-electron chi connectivity index (χ1n) is 4.93. The summed E-state index contributed by atoms with van der Waals surface area (Å²) in [5, 5.41) is 15.4. The van der Waals surface area contributed by atoms with Gasteiger partial charge in [-0.1, -0.05) is 19.1 Å². The van der Waals surface area contributed by atoms with Gasteiger partial charge in [-0.3, -0.25) is 4.79 Å². The highest BCUT2D eigenvalue weighted by molar-refractivity contribution is 6.01. The molecule has 0 spiro atoms. The molecule has 1 aromatic carbocycles. The third-order valence-corrected chi connectivity index (χ3v) is 2.17. The van der Waals surface area contributed by atoms with Gasteiger partial charge in [0.2, 0.25) is 0 Å². The molecule has 0 saturated heterocycles. The maximum absolute atomic E-state index is 11.5. The van der Waals surface area contributed by atoms with Gasteiger partial charge in [-0.05, 0) is 29.3 Å². The van der Waals surface area contributed by atoms with Crippen LogP contribution in [0, 0.1) is 0 Å². The van der Waals surface area contributed by atoms with Crippen molar-refractivity contribution in [1.82, 2.24) is 20.6 Å². The summed E-state index contributed by atoms with van der Waals surface area (Å²) in [6.07, 6.45) is 0.971. The Morgan fingerprint density at radius 3 is 2.69 bits per heavy atom. The van der Waals surface area contributed by atoms with Crippen molar-refractivity contribution in [2.75, 3.05) is 5.32 Å². The van der Waals surface area contributed by atoms with Crippen LogP contribution in [-0.2, 0) is 6.42 Å². The number of aryl methyl sites for hydroxylation is 1. The molecule has 0 unspecified atom stereocenters. The molecule has 0 atom stereocenters. The van der Waals surface area contributed by atoms with Crippen LogP contribution in [0.3, 0.4) is 0 Å². The Morgan fingerprint density at radius 2 is 2.12 bits per heavy atom. The molecule has 16 heavy (non-hydrogen) atoms. The van der Waals surface area contributed by atoms with Crippen LogP contribution in [0.5, 0.6) is 0 Å². The number of carbonyl (C=O) groups is 1. The van der Waals surface area contributed by atoms with Crippen molar-refractivity contribution in [3.63, 3.8) is 0 Å². The number of rotatable bonds is 3. The van der Waals surface area contributed by atoms with E-state index in [4.69, 9.17) is 0 Å². The van der Waals surface area contributed by atoms with Gasteiger partial charge in [0.05, 0.1) is 0 Å². The van der Waals surface area contributed by atoms with Crippen LogP contribution >= 0.6 is 0 Å². The molecule has 6 heteroatoms. The molecule has 0 fully saturated rings. The van der Waals surface area contributed by atoms with Gasteiger partial charge < -0.3 is 5.32 Å². The van der Waals surface area contributed by atoms with Crippen molar-refractivity contribution in [3.05, 3.63) is 35.7 Å². The van der Waals surface area contributed by atoms with Gasteiger partial charge in [0.1, 0.15) is 0 Å². The van der Waals surface area contributed by atoms with Crippen LogP contribution in [0.25, 0.3) is 0 Å². The fourth-order valence-corrected chi connectivity index (χ4v) is 1.27. The van der Waals surface area contributed by atoms with Crippen LogP contribution in [0.4, 0.5) is 5.69 Å². The lowest BCUT2D eigenvalue weighted by atomic mass is 10.1. The first-order valence-corrected chi connectivity index (χ1v) is 4.93. The Bertz CT molecular complexity index is 462. The third-order valence-electron chi connectivity index (χ3n) is 2.17. The molecule has 0 aliphatic carbocycles. The number of amides is 1. The number of aromatic nitrogens is 4. The van der Waals surface area contributed by atoms with E-state index in [1.165, 1.54) is 5.56 Å². The second-order valence-corrected chi connectivity index (χ2v) is 3.24. The Kier molecular flexibility index (Phi) is 2.90. The standard InChI is InChI=1S/C10H11N5O/c1-2-7-3-5-8(6-4-7)11-10(16)9-12-14-15-13-9/h3-6H,2H2,1H3,(H,11,16)(H,12,13,14,15). The zero-order valence-corrected chi connectivity index (χ0v) is 8.77. The Morgan fingerprint density at radius 1 is 1.38 bits per heavy atom. The van der Waals surface area contributed by atoms with Crippen molar-refractivity contribution in [2.45, 2.75) is 13.3 Å². The molecule has 2 aromatic rings. The summed E-state index contributed by atoms with van der Waals surface area (Å²) in [6.45, 7) is 2.08. The van der Waals surface area contributed by atoms with E-state index in [-0.39, 0.29) is 11.7 Å². The lowest BCUT2D eigenvalue weighted by molar-refractivity contribution is 0.101. The second-order valence-electron chi connectivity index (χ2n) is 3.24. The number of nitrogens with zero attached hydrogens (tertiary/aromatic N) is 3. The molecular formula is C10H11N5O. The molecule has 1 aromatic heterocycles. The van der Waals surface area contributed by atoms with Gasteiger partial charge in [0, 0.05) is 5.69 Å². The average molecular weight is 217 g/mol. The van der Waals surface area contributed by atoms with Crippen LogP contribution in [-0.4, -0.2) is 26.5 Å². The van der Waals surface area contributed by atoms with E-state index < -0.39 is 0 Å². The molecule has 2 rings (SSSR count). The maximum atomic E-state index is 11.5. The normalized spacial score (nSPS) is 10.1. The number of tetrazole rings is 1. The maximum Gasteiger partial charge on any atom is 0.297 e. The van der Waals surface area contributed by atoms with Crippen molar-refractivity contribution in [1.29, 1.82) is 0 Å². The van der Waals surface area contributed by atoms with Crippen molar-refractivity contribution in [3.8, 4) is 0 Å². The summed E-state index contributed by atoms with van der Waals surface area (Å²) >= 11 is 0. The molecule has 0 radical (unpaired) electrons. The largest absolute Gasteiger partial charge is 0.319 e. The average Bonchev–Trinajstić information content (AvgIpc) is 2.83. The smallest absolute Gasteiger partial charge is 0.297 e. The topological polar surface area (TPSA) is 83.6 Å². The lowest BCUT2D eigenvalue weighted by Crippen LogP contribution is -2.13. The minimum Gasteiger partial charge on any atom is -0.319 e. The Balaban J connectivity index is 2.06. The number of H-pyrrole nitrogens is 1. The number of anilines is 1. The first-order chi connectivity index (χ1) is 7.79. The van der Waals surface area contributed by atoms with Crippen LogP contribution in [0.1, 0.15) is 23.1 Å². The molecule has 82 valence electrons. The number of aromatic amines is 1. The van der Waals surface area contributed by atoms with E-state index in [2.05, 4.69) is 32.9 Å². The van der Waals surface area contributed by atoms with E-state index >= 15 is 0 Å². The minimum atomic E-state index is -0.377. The molecular weight excluding hydrogens is 206 g/mol. The molecule has 0 aliphatic heterocycles. The van der Waals surface area contributed by atoms with E-state index in [0.717, 1.165) is 6.42 Å². The summed E-state index contributed by atoms with van der Waals surface area (Å²) in [6, 6.07) is 7.62. The zero-order chi connectivity index (χ0) is 11.4. The molecule has 1 heterocycles. The van der Waals surface area contributed by atoms with Gasteiger partial charge in [0.25, 0.3) is 11.7 Å². The summed E-state index contributed by atoms with van der Waals surface area (Å²) in [5.41, 5.74) is 1.93. The van der Waals surface area contributed by atoms with Crippen molar-refractivity contribution >= 4 is 11.6 Å². The predicted octanol–water partition coefficient (Wildman–Crippen LogP) is 1.01. The van der Waals surface area contributed by atoms with Crippen molar-refractivity contribution in [2.24, 2.45) is 0 Å². The van der Waals surface area contributed by atoms with Gasteiger partial charge in [-0.2, -0.15) is 5.21 Å². The van der Waals surface area contributed by atoms with Crippen LogP contribution in [0.15, 0.2) is 24.3 Å². The van der Waals surface area contributed by atoms with Gasteiger partial charge in [0.15, 0.2) is 0 Å². The quantitative estimate of drug-likeness (QED) is 0.803. The second kappa shape index (κ2) is 4.52. The number of hydrogen-bond acceptors (Lipinski definition) is 4. The van der Waals surface area contributed by atoms with Gasteiger partial charge in [-0.15, -0.1) is 10.2 Å². The number of nitrogens with one attached hydrogen (secondary N) is 2. The first kappa shape index (κ1) is 10.3. The highest BCUT2D eigenvalue weighted by Gasteiger charge is 2.10. The van der Waals surface area contributed by atoms with E-state index in [1.807, 2.05) is 24.3 Å². The molecule has 2 N–H and O–H groups in total. The minimum absolute atomic E-state index is 0.0274. The molecule has 6 nitrogen and oxygen atoms in total. The fourth-order valence-electron chi connectivity index (χ4n) is 1.27. The Hall–Kier alpha value is -2.24. The lowest BCUT2D eigenvalue weighted by Gasteiger charge is -2.02. The number of carbonyl (C=O) groups excluding carboxylic acids is 1. The third kappa shape index (κ3) is 2.22.